The number of aliphatic hydroxyl groups excluding tert-OH is 1. The molecular weight excluding hydrogens is 596 g/mol. The molecule has 130 valence electrons. The van der Waals surface area contributed by atoms with Crippen LogP contribution >= 0.6 is 61.1 Å². The Kier molecular flexibility index (Phi) is 9.31. The fraction of sp³-hybridized carbons (Fsp3) is 0.333. The van der Waals surface area contributed by atoms with Crippen LogP contribution in [0.4, 0.5) is 0 Å². The zero-order chi connectivity index (χ0) is 17.4. The first kappa shape index (κ1) is 20.4. The van der Waals surface area contributed by atoms with Crippen LogP contribution in [0.5, 0.6) is 5.75 Å². The molecule has 0 saturated carbocycles. The summed E-state index contributed by atoms with van der Waals surface area (Å²) in [6.45, 7) is 1.94. The Morgan fingerprint density at radius 1 is 1.00 bits per heavy atom. The van der Waals surface area contributed by atoms with Gasteiger partial charge >= 0.3 is 0 Å². The highest BCUT2D eigenvalue weighted by molar-refractivity contribution is 14.1. The monoisotopic (exact) mass is 615 g/mol. The van der Waals surface area contributed by atoms with Gasteiger partial charge in [-0.25, -0.2) is 0 Å². The summed E-state index contributed by atoms with van der Waals surface area (Å²) in [6, 6.07) is 12.6. The van der Waals surface area contributed by atoms with E-state index in [4.69, 9.17) is 9.84 Å². The van der Waals surface area contributed by atoms with Gasteiger partial charge in [-0.15, -0.1) is 0 Å². The molecule has 0 unspecified atom stereocenters. The molecular formula is C18H20BrI2NO2. The fourth-order valence-corrected chi connectivity index (χ4v) is 3.91. The molecule has 0 aliphatic heterocycles. The molecule has 3 nitrogen and oxygen atoms in total. The maximum absolute atomic E-state index is 8.92. The maximum Gasteiger partial charge on any atom is 0.124 e. The van der Waals surface area contributed by atoms with E-state index in [0.717, 1.165) is 24.6 Å². The van der Waals surface area contributed by atoms with Crippen molar-refractivity contribution in [2.75, 3.05) is 13.2 Å². The predicted octanol–water partition coefficient (Wildman–Crippen LogP) is 4.98. The van der Waals surface area contributed by atoms with Crippen molar-refractivity contribution in [3.63, 3.8) is 0 Å². The summed E-state index contributed by atoms with van der Waals surface area (Å²) in [5.74, 6) is 0.876. The minimum atomic E-state index is 0.131. The van der Waals surface area contributed by atoms with Crippen molar-refractivity contribution in [2.24, 2.45) is 0 Å². The van der Waals surface area contributed by atoms with Crippen molar-refractivity contribution in [1.82, 2.24) is 5.32 Å². The highest BCUT2D eigenvalue weighted by Gasteiger charge is 2.08. The van der Waals surface area contributed by atoms with Crippen molar-refractivity contribution >= 4 is 61.1 Å². The molecule has 0 radical (unpaired) electrons. The minimum absolute atomic E-state index is 0.131. The van der Waals surface area contributed by atoms with Crippen molar-refractivity contribution in [2.45, 2.75) is 22.0 Å². The third-order valence-corrected chi connectivity index (χ3v) is 5.77. The van der Waals surface area contributed by atoms with E-state index in [1.165, 1.54) is 16.7 Å². The maximum atomic E-state index is 8.92. The lowest BCUT2D eigenvalue weighted by Crippen LogP contribution is -2.18. The molecule has 2 aromatic carbocycles. The molecule has 0 heterocycles. The number of hydrogen-bond acceptors (Lipinski definition) is 3. The Labute approximate surface area is 179 Å². The number of benzene rings is 2. The first-order chi connectivity index (χ1) is 11.7. The Balaban J connectivity index is 2.11. The second-order valence-corrected chi connectivity index (χ2v) is 7.75. The molecule has 2 aromatic rings. The van der Waals surface area contributed by atoms with E-state index >= 15 is 0 Å². The molecule has 0 atom stereocenters. The Morgan fingerprint density at radius 3 is 2.54 bits per heavy atom. The van der Waals surface area contributed by atoms with Crippen LogP contribution in [0.25, 0.3) is 0 Å². The average Bonchev–Trinajstić information content (AvgIpc) is 2.61. The van der Waals surface area contributed by atoms with E-state index in [0.29, 0.717) is 19.7 Å². The van der Waals surface area contributed by atoms with Gasteiger partial charge in [0.2, 0.25) is 0 Å². The SMILES string of the molecule is OCCNCc1cc(Br)ccc1OCc1ccc(CI)cc1CI. The average molecular weight is 616 g/mol. The van der Waals surface area contributed by atoms with Crippen LogP contribution < -0.4 is 10.1 Å². The highest BCUT2D eigenvalue weighted by Crippen LogP contribution is 2.25. The molecule has 2 N–H and O–H groups in total. The van der Waals surface area contributed by atoms with Gasteiger partial charge in [-0.3, -0.25) is 0 Å². The molecule has 6 heteroatoms. The molecule has 0 fully saturated rings. The Morgan fingerprint density at radius 2 is 1.83 bits per heavy atom. The molecule has 0 aliphatic carbocycles. The first-order valence-corrected chi connectivity index (χ1v) is 11.5. The summed E-state index contributed by atoms with van der Waals surface area (Å²) in [5.41, 5.74) is 5.00. The van der Waals surface area contributed by atoms with E-state index in [1.54, 1.807) is 0 Å². The Hall–Kier alpha value is 0.1000. The summed E-state index contributed by atoms with van der Waals surface area (Å²) in [7, 11) is 0. The number of aliphatic hydroxyl groups is 1. The second-order valence-electron chi connectivity index (χ2n) is 5.31. The van der Waals surface area contributed by atoms with Gasteiger partial charge in [-0.2, -0.15) is 0 Å². The number of hydrogen-bond donors (Lipinski definition) is 2. The van der Waals surface area contributed by atoms with E-state index in [2.05, 4.69) is 90.7 Å². The van der Waals surface area contributed by atoms with Crippen LogP contribution in [0.15, 0.2) is 40.9 Å². The first-order valence-electron chi connectivity index (χ1n) is 7.63. The van der Waals surface area contributed by atoms with Crippen LogP contribution in [0.2, 0.25) is 0 Å². The van der Waals surface area contributed by atoms with Gasteiger partial charge in [-0.05, 0) is 34.9 Å². The van der Waals surface area contributed by atoms with Gasteiger partial charge in [0.15, 0.2) is 0 Å². The molecule has 0 aromatic heterocycles. The largest absolute Gasteiger partial charge is 0.489 e. The molecule has 0 spiro atoms. The number of ether oxygens (including phenoxy) is 1. The normalized spacial score (nSPS) is 10.8. The van der Waals surface area contributed by atoms with Crippen molar-refractivity contribution in [3.8, 4) is 5.75 Å². The third-order valence-electron chi connectivity index (χ3n) is 3.58. The Bertz CT molecular complexity index is 667. The van der Waals surface area contributed by atoms with Crippen LogP contribution in [0, 0.1) is 0 Å². The number of alkyl halides is 2. The third kappa shape index (κ3) is 6.12. The van der Waals surface area contributed by atoms with Crippen molar-refractivity contribution in [3.05, 3.63) is 63.1 Å². The number of rotatable bonds is 9. The molecule has 2 rings (SSSR count). The number of halogens is 3. The number of nitrogens with one attached hydrogen (secondary N) is 1. The van der Waals surface area contributed by atoms with E-state index in [-0.39, 0.29) is 6.61 Å². The quantitative estimate of drug-likeness (QED) is 0.238. The van der Waals surface area contributed by atoms with Crippen LogP contribution in [0.3, 0.4) is 0 Å². The summed E-state index contributed by atoms with van der Waals surface area (Å²) in [5, 5.41) is 12.1. The zero-order valence-electron chi connectivity index (χ0n) is 13.2. The summed E-state index contributed by atoms with van der Waals surface area (Å²) in [4.78, 5) is 0. The van der Waals surface area contributed by atoms with Gasteiger partial charge in [0.05, 0.1) is 6.61 Å². The van der Waals surface area contributed by atoms with E-state index in [9.17, 15) is 0 Å². The smallest absolute Gasteiger partial charge is 0.124 e. The summed E-state index contributed by atoms with van der Waals surface area (Å²) in [6.07, 6.45) is 0. The molecule has 24 heavy (non-hydrogen) atoms. The lowest BCUT2D eigenvalue weighted by atomic mass is 10.1. The lowest BCUT2D eigenvalue weighted by Gasteiger charge is -2.15. The second kappa shape index (κ2) is 10.9. The van der Waals surface area contributed by atoms with Gasteiger partial charge < -0.3 is 15.2 Å². The van der Waals surface area contributed by atoms with Crippen LogP contribution in [-0.4, -0.2) is 18.3 Å². The molecule has 0 saturated heterocycles. The standard InChI is InChI=1S/C18H20BrI2NO2/c19-17-3-4-18(16(8-17)11-22-5-6-23)24-12-14-2-1-13(9-20)7-15(14)10-21/h1-4,7-8,22-23H,5-6,9-12H2. The molecule has 0 amide bonds. The predicted molar refractivity (Wildman–Crippen MR) is 119 cm³/mol. The highest BCUT2D eigenvalue weighted by atomic mass is 127. The fourth-order valence-electron chi connectivity index (χ4n) is 2.31. The van der Waals surface area contributed by atoms with Crippen molar-refractivity contribution in [1.29, 1.82) is 0 Å². The van der Waals surface area contributed by atoms with Gasteiger partial charge in [0.1, 0.15) is 12.4 Å². The zero-order valence-corrected chi connectivity index (χ0v) is 19.1. The van der Waals surface area contributed by atoms with Gasteiger partial charge in [0.25, 0.3) is 0 Å². The summed E-state index contributed by atoms with van der Waals surface area (Å²) >= 11 is 8.30. The minimum Gasteiger partial charge on any atom is -0.489 e. The van der Waals surface area contributed by atoms with E-state index < -0.39 is 0 Å². The van der Waals surface area contributed by atoms with Crippen LogP contribution in [0.1, 0.15) is 22.3 Å². The van der Waals surface area contributed by atoms with Crippen molar-refractivity contribution < 1.29 is 9.84 Å². The summed E-state index contributed by atoms with van der Waals surface area (Å²) < 4.78 is 9.12. The van der Waals surface area contributed by atoms with Crippen LogP contribution in [-0.2, 0) is 22.0 Å². The lowest BCUT2D eigenvalue weighted by molar-refractivity contribution is 0.287. The van der Waals surface area contributed by atoms with E-state index in [1.807, 2.05) is 12.1 Å². The van der Waals surface area contributed by atoms with Gasteiger partial charge in [0, 0.05) is 32.0 Å². The topological polar surface area (TPSA) is 41.5 Å². The molecule has 0 bridgehead atoms. The molecule has 0 aliphatic rings. The van der Waals surface area contributed by atoms with Gasteiger partial charge in [-0.1, -0.05) is 79.3 Å².